The summed E-state index contributed by atoms with van der Waals surface area (Å²) < 4.78 is 38.3. The lowest BCUT2D eigenvalue weighted by atomic mass is 9.89. The fourth-order valence-corrected chi connectivity index (χ4v) is 4.67. The number of thiazole rings is 1. The molecule has 0 radical (unpaired) electrons. The minimum Gasteiger partial charge on any atom is -0.349 e. The zero-order valence-corrected chi connectivity index (χ0v) is 19.3. The number of nitriles is 1. The second-order valence-electron chi connectivity index (χ2n) is 8.03. The van der Waals surface area contributed by atoms with Gasteiger partial charge in [-0.05, 0) is 31.9 Å². The molecule has 1 aliphatic rings. The van der Waals surface area contributed by atoms with E-state index >= 15 is 0 Å². The molecular formula is C22H20F3N7O2S. The van der Waals surface area contributed by atoms with Gasteiger partial charge in [0.15, 0.2) is 0 Å². The number of likely N-dealkylation sites (tertiary alicyclic amines) is 1. The molecule has 2 amide bonds. The van der Waals surface area contributed by atoms with Gasteiger partial charge < -0.3 is 10.2 Å². The molecule has 35 heavy (non-hydrogen) atoms. The third-order valence-electron chi connectivity index (χ3n) is 5.81. The molecule has 1 saturated heterocycles. The summed E-state index contributed by atoms with van der Waals surface area (Å²) >= 11 is 1.38. The van der Waals surface area contributed by atoms with Gasteiger partial charge in [-0.1, -0.05) is 12.1 Å². The summed E-state index contributed by atoms with van der Waals surface area (Å²) in [6.45, 7) is 2.18. The van der Waals surface area contributed by atoms with Crippen LogP contribution in [0.15, 0.2) is 29.6 Å². The zero-order chi connectivity index (χ0) is 25.2. The summed E-state index contributed by atoms with van der Waals surface area (Å²) in [4.78, 5) is 34.7. The van der Waals surface area contributed by atoms with E-state index in [1.165, 1.54) is 16.2 Å². The Bertz CT molecular complexity index is 1260. The van der Waals surface area contributed by atoms with Crippen molar-refractivity contribution in [1.29, 1.82) is 5.26 Å². The Morgan fingerprint density at radius 3 is 2.69 bits per heavy atom. The molecule has 1 aliphatic heterocycles. The number of halogens is 3. The van der Waals surface area contributed by atoms with Crippen LogP contribution in [-0.4, -0.2) is 49.5 Å². The highest BCUT2D eigenvalue weighted by molar-refractivity contribution is 7.09. The van der Waals surface area contributed by atoms with Crippen LogP contribution >= 0.6 is 11.3 Å². The fraction of sp³-hybridized carbons (Fsp3) is 0.364. The second-order valence-corrected chi connectivity index (χ2v) is 8.97. The minimum atomic E-state index is -4.74. The average Bonchev–Trinajstić information content (AvgIpc) is 3.52. The molecule has 3 aromatic rings. The first-order valence-electron chi connectivity index (χ1n) is 10.7. The lowest BCUT2D eigenvalue weighted by Gasteiger charge is -2.38. The number of H-pyrrole nitrogens is 1. The van der Waals surface area contributed by atoms with Crippen LogP contribution in [0.2, 0.25) is 0 Å². The minimum absolute atomic E-state index is 0.201. The highest BCUT2D eigenvalue weighted by Gasteiger charge is 2.39. The summed E-state index contributed by atoms with van der Waals surface area (Å²) in [6, 6.07) is 8.53. The first kappa shape index (κ1) is 24.3. The van der Waals surface area contributed by atoms with Gasteiger partial charge in [0, 0.05) is 23.5 Å². The van der Waals surface area contributed by atoms with Crippen molar-refractivity contribution in [2.24, 2.45) is 5.92 Å². The van der Waals surface area contributed by atoms with E-state index in [-0.39, 0.29) is 12.5 Å². The molecule has 9 nitrogen and oxygen atoms in total. The van der Waals surface area contributed by atoms with Gasteiger partial charge in [-0.15, -0.1) is 16.4 Å². The van der Waals surface area contributed by atoms with Crippen LogP contribution in [0.1, 0.15) is 46.8 Å². The third-order valence-corrected chi connectivity index (χ3v) is 6.66. The van der Waals surface area contributed by atoms with Crippen molar-refractivity contribution in [3.63, 3.8) is 0 Å². The number of rotatable bonds is 5. The Morgan fingerprint density at radius 1 is 1.29 bits per heavy atom. The summed E-state index contributed by atoms with van der Waals surface area (Å²) in [5.41, 5.74) is 2.14. The van der Waals surface area contributed by atoms with E-state index in [9.17, 15) is 22.8 Å². The molecule has 0 spiro atoms. The predicted molar refractivity (Wildman–Crippen MR) is 119 cm³/mol. The highest BCUT2D eigenvalue weighted by atomic mass is 32.1. The van der Waals surface area contributed by atoms with Gasteiger partial charge in [-0.3, -0.25) is 14.7 Å². The van der Waals surface area contributed by atoms with Gasteiger partial charge in [0.05, 0.1) is 29.8 Å². The molecule has 0 aliphatic carbocycles. The summed E-state index contributed by atoms with van der Waals surface area (Å²) in [7, 11) is 0. The normalized spacial score (nSPS) is 18.2. The number of nitrogens with one attached hydrogen (secondary N) is 2. The number of benzene rings is 1. The van der Waals surface area contributed by atoms with Crippen LogP contribution in [0.5, 0.6) is 0 Å². The Kier molecular flexibility index (Phi) is 6.83. The molecule has 2 atom stereocenters. The number of piperidine rings is 1. The SMILES string of the molecule is CC1C(C(=O)NCc2nc(-c3ccc(C#N)cc3)cs2)CCCN1C(=O)c1n[nH]c(C(F)(F)F)n1. The highest BCUT2D eigenvalue weighted by Crippen LogP contribution is 2.28. The van der Waals surface area contributed by atoms with Gasteiger partial charge >= 0.3 is 6.18 Å². The van der Waals surface area contributed by atoms with E-state index in [0.29, 0.717) is 30.0 Å². The molecule has 182 valence electrons. The zero-order valence-electron chi connectivity index (χ0n) is 18.5. The number of carbonyl (C=O) groups is 2. The number of aromatic nitrogens is 4. The van der Waals surface area contributed by atoms with Gasteiger partial charge in [0.25, 0.3) is 5.91 Å². The fourth-order valence-electron chi connectivity index (χ4n) is 3.93. The molecule has 1 fully saturated rings. The van der Waals surface area contributed by atoms with E-state index in [4.69, 9.17) is 5.26 Å². The molecular weight excluding hydrogens is 483 g/mol. The number of alkyl halides is 3. The predicted octanol–water partition coefficient (Wildman–Crippen LogP) is 3.38. The lowest BCUT2D eigenvalue weighted by Crippen LogP contribution is -2.51. The second kappa shape index (κ2) is 9.83. The molecule has 2 N–H and O–H groups in total. The molecule has 2 unspecified atom stereocenters. The van der Waals surface area contributed by atoms with Gasteiger partial charge in [-0.2, -0.15) is 23.4 Å². The van der Waals surface area contributed by atoms with Gasteiger partial charge in [0.1, 0.15) is 5.01 Å². The molecule has 0 saturated carbocycles. The number of hydrogen-bond donors (Lipinski definition) is 2. The van der Waals surface area contributed by atoms with Crippen molar-refractivity contribution in [2.45, 2.75) is 38.5 Å². The molecule has 2 aromatic heterocycles. The van der Waals surface area contributed by atoms with Crippen LogP contribution in [0.4, 0.5) is 13.2 Å². The Balaban J connectivity index is 1.37. The largest absolute Gasteiger partial charge is 0.451 e. The van der Waals surface area contributed by atoms with E-state index in [1.54, 1.807) is 36.3 Å². The van der Waals surface area contributed by atoms with E-state index in [2.05, 4.69) is 26.5 Å². The van der Waals surface area contributed by atoms with Crippen molar-refractivity contribution in [3.8, 4) is 17.3 Å². The first-order chi connectivity index (χ1) is 16.7. The molecule has 3 heterocycles. The molecule has 1 aromatic carbocycles. The maximum Gasteiger partial charge on any atom is 0.451 e. The van der Waals surface area contributed by atoms with Crippen molar-refractivity contribution >= 4 is 23.2 Å². The maximum absolute atomic E-state index is 12.9. The van der Waals surface area contributed by atoms with Gasteiger partial charge in [0.2, 0.25) is 17.6 Å². The van der Waals surface area contributed by atoms with E-state index in [0.717, 1.165) is 11.3 Å². The average molecular weight is 504 g/mol. The van der Waals surface area contributed by atoms with Crippen LogP contribution in [0, 0.1) is 17.2 Å². The summed E-state index contributed by atoms with van der Waals surface area (Å²) in [6.07, 6.45) is -3.69. The summed E-state index contributed by atoms with van der Waals surface area (Å²) in [5, 5.41) is 19.5. The Hall–Kier alpha value is -3.79. The maximum atomic E-state index is 12.9. The lowest BCUT2D eigenvalue weighted by molar-refractivity contribution is -0.144. The third kappa shape index (κ3) is 5.32. The number of hydrogen-bond acceptors (Lipinski definition) is 7. The monoisotopic (exact) mass is 503 g/mol. The standard InChI is InChI=1S/C22H20F3N7O2S/c1-12-15(3-2-8-32(12)20(34)18-29-21(31-30-18)22(23,24)25)19(33)27-10-17-28-16(11-35-17)14-6-4-13(9-26)5-7-14/h4-7,11-12,15H,2-3,8,10H2,1H3,(H,27,33)(H,29,30,31). The van der Waals surface area contributed by atoms with Crippen LogP contribution in [0.25, 0.3) is 11.3 Å². The smallest absolute Gasteiger partial charge is 0.349 e. The molecule has 0 bridgehead atoms. The van der Waals surface area contributed by atoms with Crippen LogP contribution < -0.4 is 5.32 Å². The molecule has 13 heteroatoms. The summed E-state index contributed by atoms with van der Waals surface area (Å²) in [5.74, 6) is -3.48. The van der Waals surface area contributed by atoms with Crippen molar-refractivity contribution < 1.29 is 22.8 Å². The number of amides is 2. The first-order valence-corrected chi connectivity index (χ1v) is 11.6. The molecule has 4 rings (SSSR count). The van der Waals surface area contributed by atoms with Crippen molar-refractivity contribution in [1.82, 2.24) is 30.4 Å². The van der Waals surface area contributed by atoms with E-state index in [1.807, 2.05) is 5.38 Å². The van der Waals surface area contributed by atoms with Crippen molar-refractivity contribution in [3.05, 3.63) is 51.9 Å². The number of aromatic amines is 1. The van der Waals surface area contributed by atoms with Crippen molar-refractivity contribution in [2.75, 3.05) is 6.54 Å². The Labute approximate surface area is 202 Å². The van der Waals surface area contributed by atoms with Crippen LogP contribution in [-0.2, 0) is 17.5 Å². The Morgan fingerprint density at radius 2 is 2.03 bits per heavy atom. The quantitative estimate of drug-likeness (QED) is 0.550. The topological polar surface area (TPSA) is 128 Å². The van der Waals surface area contributed by atoms with Gasteiger partial charge in [-0.25, -0.2) is 4.98 Å². The van der Waals surface area contributed by atoms with E-state index < -0.39 is 35.7 Å². The number of carbonyl (C=O) groups excluding carboxylic acids is 2. The van der Waals surface area contributed by atoms with Crippen LogP contribution in [0.3, 0.4) is 0 Å². The number of nitrogens with zero attached hydrogens (tertiary/aromatic N) is 5.